The van der Waals surface area contributed by atoms with Gasteiger partial charge in [-0.05, 0) is 38.3 Å². The van der Waals surface area contributed by atoms with Gasteiger partial charge in [0, 0.05) is 12.2 Å². The fourth-order valence-electron chi connectivity index (χ4n) is 4.75. The standard InChI is InChI=1S/C26H29N3O4S/c1-26(2)14-18(12-13-33-26)29-24-22(25(31)28-29)23(34-16-21(30)27-24)19-10-6-7-11-20(19)32-15-17-8-4-3-5-9-17/h3-11,18,23H,12-16H2,1-2H3,(H,27,30)(H,28,31). The van der Waals surface area contributed by atoms with Crippen molar-refractivity contribution in [3.05, 3.63) is 81.6 Å². The quantitative estimate of drug-likeness (QED) is 0.556. The average molecular weight is 480 g/mol. The van der Waals surface area contributed by atoms with E-state index < -0.39 is 0 Å². The van der Waals surface area contributed by atoms with Gasteiger partial charge in [-0.1, -0.05) is 48.5 Å². The lowest BCUT2D eigenvalue weighted by molar-refractivity contribution is -0.113. The highest BCUT2D eigenvalue weighted by Gasteiger charge is 2.36. The van der Waals surface area contributed by atoms with Crippen molar-refractivity contribution in [1.82, 2.24) is 9.78 Å². The molecular weight excluding hydrogens is 450 g/mol. The van der Waals surface area contributed by atoms with Crippen molar-refractivity contribution in [2.45, 2.75) is 50.2 Å². The third-order valence-corrected chi connectivity index (χ3v) is 7.59. The Morgan fingerprint density at radius 1 is 1.12 bits per heavy atom. The van der Waals surface area contributed by atoms with Gasteiger partial charge in [0.1, 0.15) is 18.2 Å². The topological polar surface area (TPSA) is 85.4 Å². The van der Waals surface area contributed by atoms with Crippen LogP contribution in [0, 0.1) is 0 Å². The molecule has 2 unspecified atom stereocenters. The minimum Gasteiger partial charge on any atom is -0.489 e. The molecule has 3 heterocycles. The molecule has 2 aliphatic rings. The van der Waals surface area contributed by atoms with Crippen molar-refractivity contribution in [3.8, 4) is 5.75 Å². The fourth-order valence-corrected chi connectivity index (χ4v) is 5.90. The predicted molar refractivity (Wildman–Crippen MR) is 134 cm³/mol. The molecule has 1 saturated heterocycles. The van der Waals surface area contributed by atoms with E-state index in [0.717, 1.165) is 24.0 Å². The van der Waals surface area contributed by atoms with E-state index in [9.17, 15) is 9.59 Å². The van der Waals surface area contributed by atoms with Crippen molar-refractivity contribution in [2.75, 3.05) is 17.7 Å². The molecule has 0 radical (unpaired) electrons. The largest absolute Gasteiger partial charge is 0.489 e. The average Bonchev–Trinajstić information content (AvgIpc) is 3.03. The van der Waals surface area contributed by atoms with Gasteiger partial charge in [-0.2, -0.15) is 0 Å². The molecule has 2 aliphatic heterocycles. The van der Waals surface area contributed by atoms with Crippen LogP contribution in [0.3, 0.4) is 0 Å². The van der Waals surface area contributed by atoms with Crippen molar-refractivity contribution < 1.29 is 14.3 Å². The number of thioether (sulfide) groups is 1. The van der Waals surface area contributed by atoms with Gasteiger partial charge >= 0.3 is 0 Å². The number of carbonyl (C=O) groups excluding carboxylic acids is 1. The molecule has 5 rings (SSSR count). The molecule has 8 heteroatoms. The first-order valence-electron chi connectivity index (χ1n) is 11.6. The molecule has 0 spiro atoms. The van der Waals surface area contributed by atoms with Crippen LogP contribution in [0.25, 0.3) is 0 Å². The lowest BCUT2D eigenvalue weighted by Crippen LogP contribution is -2.36. The van der Waals surface area contributed by atoms with Crippen LogP contribution in [0.4, 0.5) is 5.82 Å². The Kier molecular flexibility index (Phi) is 6.27. The lowest BCUT2D eigenvalue weighted by atomic mass is 9.94. The molecule has 178 valence electrons. The summed E-state index contributed by atoms with van der Waals surface area (Å²) < 4.78 is 13.9. The number of carbonyl (C=O) groups is 1. The van der Waals surface area contributed by atoms with Gasteiger partial charge < -0.3 is 14.8 Å². The molecule has 2 atom stereocenters. The molecule has 34 heavy (non-hydrogen) atoms. The third-order valence-electron chi connectivity index (χ3n) is 6.34. The second-order valence-corrected chi connectivity index (χ2v) is 10.5. The van der Waals surface area contributed by atoms with Gasteiger partial charge in [-0.25, -0.2) is 0 Å². The summed E-state index contributed by atoms with van der Waals surface area (Å²) in [7, 11) is 0. The normalized spacial score (nSPS) is 21.9. The number of fused-ring (bicyclic) bond motifs is 1. The lowest BCUT2D eigenvalue weighted by Gasteiger charge is -2.36. The summed E-state index contributed by atoms with van der Waals surface area (Å²) in [4.78, 5) is 26.0. The number of nitrogens with one attached hydrogen (secondary N) is 2. The number of benzene rings is 2. The highest BCUT2D eigenvalue weighted by atomic mass is 32.2. The first-order chi connectivity index (χ1) is 16.4. The monoisotopic (exact) mass is 479 g/mol. The zero-order chi connectivity index (χ0) is 23.7. The summed E-state index contributed by atoms with van der Waals surface area (Å²) >= 11 is 1.45. The van der Waals surface area contributed by atoms with E-state index in [-0.39, 0.29) is 34.1 Å². The molecule has 1 fully saturated rings. The molecular formula is C26H29N3O4S. The zero-order valence-electron chi connectivity index (χ0n) is 19.4. The van der Waals surface area contributed by atoms with Gasteiger partial charge in [0.2, 0.25) is 5.91 Å². The number of aromatic nitrogens is 2. The van der Waals surface area contributed by atoms with Crippen molar-refractivity contribution >= 4 is 23.5 Å². The van der Waals surface area contributed by atoms with Gasteiger partial charge in [-0.15, -0.1) is 11.8 Å². The molecule has 0 aliphatic carbocycles. The van der Waals surface area contributed by atoms with Crippen LogP contribution in [-0.4, -0.2) is 33.6 Å². The molecule has 1 amide bonds. The molecule has 3 aromatic rings. The summed E-state index contributed by atoms with van der Waals surface area (Å²) in [5, 5.41) is 5.69. The smallest absolute Gasteiger partial charge is 0.270 e. The molecule has 1 aromatic heterocycles. The van der Waals surface area contributed by atoms with E-state index in [1.54, 1.807) is 0 Å². The Balaban J connectivity index is 1.52. The number of ether oxygens (including phenoxy) is 2. The van der Waals surface area contributed by atoms with Crippen molar-refractivity contribution in [1.29, 1.82) is 0 Å². The van der Waals surface area contributed by atoms with Crippen LogP contribution in [0.5, 0.6) is 5.75 Å². The second kappa shape index (κ2) is 9.35. The maximum Gasteiger partial charge on any atom is 0.270 e. The van der Waals surface area contributed by atoms with E-state index in [0.29, 0.717) is 30.3 Å². The fraction of sp³-hybridized carbons (Fsp3) is 0.385. The second-order valence-electron chi connectivity index (χ2n) is 9.38. The number of H-pyrrole nitrogens is 1. The van der Waals surface area contributed by atoms with Crippen LogP contribution < -0.4 is 15.6 Å². The molecule has 0 saturated carbocycles. The molecule has 7 nitrogen and oxygen atoms in total. The highest BCUT2D eigenvalue weighted by molar-refractivity contribution is 8.00. The van der Waals surface area contributed by atoms with E-state index in [4.69, 9.17) is 9.47 Å². The maximum absolute atomic E-state index is 13.3. The zero-order valence-corrected chi connectivity index (χ0v) is 20.2. The number of anilines is 1. The van der Waals surface area contributed by atoms with Crippen LogP contribution >= 0.6 is 11.8 Å². The number of rotatable bonds is 5. The Morgan fingerprint density at radius 2 is 1.88 bits per heavy atom. The van der Waals surface area contributed by atoms with Gasteiger partial charge in [0.15, 0.2) is 0 Å². The summed E-state index contributed by atoms with van der Waals surface area (Å²) in [5.41, 5.74) is 2.04. The summed E-state index contributed by atoms with van der Waals surface area (Å²) in [6, 6.07) is 17.8. The van der Waals surface area contributed by atoms with Gasteiger partial charge in [-0.3, -0.25) is 19.4 Å². The third kappa shape index (κ3) is 4.65. The Labute approximate surface area is 202 Å². The van der Waals surface area contributed by atoms with Gasteiger partial charge in [0.05, 0.1) is 28.2 Å². The molecule has 2 aromatic carbocycles. The first kappa shape index (κ1) is 22.8. The Morgan fingerprint density at radius 3 is 2.68 bits per heavy atom. The van der Waals surface area contributed by atoms with Gasteiger partial charge in [0.25, 0.3) is 5.56 Å². The predicted octanol–water partition coefficient (Wildman–Crippen LogP) is 4.66. The van der Waals surface area contributed by atoms with E-state index in [1.165, 1.54) is 11.8 Å². The van der Waals surface area contributed by atoms with E-state index in [2.05, 4.69) is 24.3 Å². The van der Waals surface area contributed by atoms with E-state index in [1.807, 2.05) is 59.3 Å². The van der Waals surface area contributed by atoms with Crippen molar-refractivity contribution in [3.63, 3.8) is 0 Å². The Hall–Kier alpha value is -2.97. The number of nitrogens with zero attached hydrogens (tertiary/aromatic N) is 1. The van der Waals surface area contributed by atoms with Crippen LogP contribution in [0.1, 0.15) is 54.7 Å². The Bertz CT molecular complexity index is 1230. The summed E-state index contributed by atoms with van der Waals surface area (Å²) in [6.07, 6.45) is 1.51. The maximum atomic E-state index is 13.3. The molecule has 0 bridgehead atoms. The van der Waals surface area contributed by atoms with Crippen molar-refractivity contribution in [2.24, 2.45) is 0 Å². The van der Waals surface area contributed by atoms with Crippen LogP contribution in [-0.2, 0) is 16.1 Å². The highest BCUT2D eigenvalue weighted by Crippen LogP contribution is 2.44. The summed E-state index contributed by atoms with van der Waals surface area (Å²) in [6.45, 7) is 5.14. The number of para-hydroxylation sites is 1. The summed E-state index contributed by atoms with van der Waals surface area (Å²) in [5.74, 6) is 1.41. The van der Waals surface area contributed by atoms with Crippen LogP contribution in [0.15, 0.2) is 59.4 Å². The minimum absolute atomic E-state index is 0.0359. The van der Waals surface area contributed by atoms with Crippen LogP contribution in [0.2, 0.25) is 0 Å². The van der Waals surface area contributed by atoms with E-state index >= 15 is 0 Å². The number of aromatic amines is 1. The number of hydrogen-bond donors (Lipinski definition) is 2. The minimum atomic E-state index is -0.334. The number of hydrogen-bond acceptors (Lipinski definition) is 5. The SMILES string of the molecule is CC1(C)CC(n2[nH]c(=O)c3c2NC(=O)CSC3c2ccccc2OCc2ccccc2)CCO1. The number of amides is 1. The first-order valence-corrected chi connectivity index (χ1v) is 12.6. The molecule has 2 N–H and O–H groups in total.